The van der Waals surface area contributed by atoms with Gasteiger partial charge in [0.15, 0.2) is 0 Å². The Morgan fingerprint density at radius 2 is 1.83 bits per heavy atom. The summed E-state index contributed by atoms with van der Waals surface area (Å²) in [5.41, 5.74) is 5.37. The summed E-state index contributed by atoms with van der Waals surface area (Å²) in [5.74, 6) is -0.673. The number of nitrogens with two attached hydrogens (primary N) is 1. The van der Waals surface area contributed by atoms with Crippen LogP contribution in [0.2, 0.25) is 0 Å². The maximum absolute atomic E-state index is 12.7. The summed E-state index contributed by atoms with van der Waals surface area (Å²) >= 11 is 0. The molecule has 134 valence electrons. The van der Waals surface area contributed by atoms with Crippen LogP contribution in [0.5, 0.6) is 0 Å². The molecule has 1 saturated heterocycles. The molecule has 2 rings (SSSR count). The number of sulfonamides is 1. The second-order valence-corrected chi connectivity index (χ2v) is 8.01. The molecule has 1 aliphatic rings. The van der Waals surface area contributed by atoms with Crippen molar-refractivity contribution in [3.8, 4) is 0 Å². The van der Waals surface area contributed by atoms with Gasteiger partial charge in [-0.2, -0.15) is 4.31 Å². The molecule has 1 fully saturated rings. The average molecular weight is 356 g/mol. The molecule has 0 aliphatic carbocycles. The lowest BCUT2D eigenvalue weighted by molar-refractivity contribution is -0.136. The first-order chi connectivity index (χ1) is 11.2. The van der Waals surface area contributed by atoms with Gasteiger partial charge >= 0.3 is 0 Å². The maximum atomic E-state index is 12.7. The van der Waals surface area contributed by atoms with E-state index < -0.39 is 15.9 Å². The van der Waals surface area contributed by atoms with Crippen molar-refractivity contribution in [2.75, 3.05) is 26.2 Å². The number of carbonyl (C=O) groups is 2. The Labute approximate surface area is 142 Å². The lowest BCUT2D eigenvalue weighted by atomic mass is 10.1. The molecule has 0 radical (unpaired) electrons. The van der Waals surface area contributed by atoms with E-state index in [4.69, 9.17) is 5.73 Å². The SMILES string of the molecule is CC[C@@H](C)C(=O)N1CCN(S(=O)(=O)c2cc(C(N)=O)n(C)c2)CC1. The summed E-state index contributed by atoms with van der Waals surface area (Å²) in [7, 11) is -2.13. The zero-order valence-corrected chi connectivity index (χ0v) is 15.0. The van der Waals surface area contributed by atoms with E-state index in [9.17, 15) is 18.0 Å². The summed E-state index contributed by atoms with van der Waals surface area (Å²) in [5, 5.41) is 0. The number of amides is 2. The number of nitrogens with zero attached hydrogens (tertiary/aromatic N) is 3. The molecule has 2 amide bonds. The zero-order valence-electron chi connectivity index (χ0n) is 14.2. The van der Waals surface area contributed by atoms with Crippen molar-refractivity contribution in [3.05, 3.63) is 18.0 Å². The van der Waals surface area contributed by atoms with E-state index in [1.54, 1.807) is 11.9 Å². The minimum absolute atomic E-state index is 0.0421. The molecule has 1 aromatic heterocycles. The van der Waals surface area contributed by atoms with Crippen LogP contribution in [-0.2, 0) is 21.9 Å². The van der Waals surface area contributed by atoms with Crippen LogP contribution in [-0.4, -0.2) is 60.2 Å². The van der Waals surface area contributed by atoms with Gasteiger partial charge in [0.2, 0.25) is 15.9 Å². The van der Waals surface area contributed by atoms with Crippen LogP contribution in [0.1, 0.15) is 30.8 Å². The summed E-state index contributed by atoms with van der Waals surface area (Å²) in [6, 6.07) is 1.29. The Balaban J connectivity index is 2.12. The van der Waals surface area contributed by atoms with Crippen LogP contribution in [0.4, 0.5) is 0 Å². The molecule has 2 heterocycles. The van der Waals surface area contributed by atoms with Gasteiger partial charge in [-0.15, -0.1) is 0 Å². The van der Waals surface area contributed by atoms with Crippen LogP contribution in [0.25, 0.3) is 0 Å². The highest BCUT2D eigenvalue weighted by Gasteiger charge is 2.32. The van der Waals surface area contributed by atoms with E-state index in [0.717, 1.165) is 6.42 Å². The van der Waals surface area contributed by atoms with Crippen LogP contribution in [0.15, 0.2) is 17.2 Å². The van der Waals surface area contributed by atoms with E-state index >= 15 is 0 Å². The molecule has 1 atom stereocenters. The fourth-order valence-corrected chi connectivity index (χ4v) is 4.20. The molecule has 24 heavy (non-hydrogen) atoms. The minimum atomic E-state index is -3.71. The summed E-state index contributed by atoms with van der Waals surface area (Å²) in [6.07, 6.45) is 2.14. The third kappa shape index (κ3) is 3.46. The van der Waals surface area contributed by atoms with Gasteiger partial charge in [-0.1, -0.05) is 13.8 Å². The highest BCUT2D eigenvalue weighted by Crippen LogP contribution is 2.20. The number of hydrogen-bond acceptors (Lipinski definition) is 4. The number of piperazine rings is 1. The molecule has 8 nitrogen and oxygen atoms in total. The second kappa shape index (κ2) is 6.94. The molecular weight excluding hydrogens is 332 g/mol. The Kier molecular flexibility index (Phi) is 5.34. The molecule has 1 aromatic rings. The van der Waals surface area contributed by atoms with Crippen molar-refractivity contribution in [1.82, 2.24) is 13.8 Å². The average Bonchev–Trinajstić information content (AvgIpc) is 2.96. The lowest BCUT2D eigenvalue weighted by Crippen LogP contribution is -2.51. The van der Waals surface area contributed by atoms with E-state index in [1.165, 1.54) is 21.1 Å². The molecular formula is C15H24N4O4S. The van der Waals surface area contributed by atoms with Gasteiger partial charge in [-0.25, -0.2) is 8.42 Å². The first kappa shape index (κ1) is 18.5. The highest BCUT2D eigenvalue weighted by molar-refractivity contribution is 7.89. The topological polar surface area (TPSA) is 106 Å². The molecule has 1 aliphatic heterocycles. The zero-order chi connectivity index (χ0) is 18.1. The van der Waals surface area contributed by atoms with Gasteiger partial charge in [0.05, 0.1) is 0 Å². The fraction of sp³-hybridized carbons (Fsp3) is 0.600. The van der Waals surface area contributed by atoms with Gasteiger partial charge in [0.1, 0.15) is 10.6 Å². The molecule has 0 aromatic carbocycles. The van der Waals surface area contributed by atoms with Gasteiger partial charge in [0.25, 0.3) is 5.91 Å². The Bertz CT molecular complexity index is 733. The molecule has 9 heteroatoms. The monoisotopic (exact) mass is 356 g/mol. The molecule has 0 spiro atoms. The van der Waals surface area contributed by atoms with Gasteiger partial charge in [-0.05, 0) is 12.5 Å². The van der Waals surface area contributed by atoms with Crippen molar-refractivity contribution >= 4 is 21.8 Å². The molecule has 0 bridgehead atoms. The second-order valence-electron chi connectivity index (χ2n) is 6.07. The summed E-state index contributed by atoms with van der Waals surface area (Å²) in [6.45, 7) is 5.06. The first-order valence-electron chi connectivity index (χ1n) is 7.93. The van der Waals surface area contributed by atoms with Crippen LogP contribution in [0, 0.1) is 5.92 Å². The largest absolute Gasteiger partial charge is 0.364 e. The summed E-state index contributed by atoms with van der Waals surface area (Å²) < 4.78 is 28.1. The number of aromatic nitrogens is 1. The Morgan fingerprint density at radius 3 is 2.29 bits per heavy atom. The number of rotatable bonds is 5. The van der Waals surface area contributed by atoms with Crippen molar-refractivity contribution in [2.45, 2.75) is 25.2 Å². The van der Waals surface area contributed by atoms with Gasteiger partial charge in [0, 0.05) is 45.3 Å². The quantitative estimate of drug-likeness (QED) is 0.802. The number of carbonyl (C=O) groups excluding carboxylic acids is 2. The van der Waals surface area contributed by atoms with Crippen LogP contribution >= 0.6 is 0 Å². The number of hydrogen-bond donors (Lipinski definition) is 1. The molecule has 0 unspecified atom stereocenters. The van der Waals surface area contributed by atoms with Gasteiger partial charge in [-0.3, -0.25) is 9.59 Å². The van der Waals surface area contributed by atoms with E-state index in [-0.39, 0.29) is 35.5 Å². The Morgan fingerprint density at radius 1 is 1.25 bits per heavy atom. The van der Waals surface area contributed by atoms with E-state index in [0.29, 0.717) is 13.1 Å². The smallest absolute Gasteiger partial charge is 0.265 e. The lowest BCUT2D eigenvalue weighted by Gasteiger charge is -2.35. The van der Waals surface area contributed by atoms with Gasteiger partial charge < -0.3 is 15.2 Å². The van der Waals surface area contributed by atoms with Crippen molar-refractivity contribution in [1.29, 1.82) is 0 Å². The Hall–Kier alpha value is -1.87. The standard InChI is InChI=1S/C15H24N4O4S/c1-4-11(2)15(21)18-5-7-19(8-6-18)24(22,23)12-9-13(14(16)20)17(3)10-12/h9-11H,4-8H2,1-3H3,(H2,16,20)/t11-/m1/s1. The van der Waals surface area contributed by atoms with E-state index in [1.807, 2.05) is 13.8 Å². The number of primary amides is 1. The third-order valence-electron chi connectivity index (χ3n) is 4.45. The van der Waals surface area contributed by atoms with Crippen molar-refractivity contribution in [3.63, 3.8) is 0 Å². The molecule has 2 N–H and O–H groups in total. The molecule has 0 saturated carbocycles. The number of aryl methyl sites for hydroxylation is 1. The van der Waals surface area contributed by atoms with Crippen LogP contribution < -0.4 is 5.73 Å². The predicted molar refractivity (Wildman–Crippen MR) is 88.7 cm³/mol. The highest BCUT2D eigenvalue weighted by atomic mass is 32.2. The van der Waals surface area contributed by atoms with E-state index in [2.05, 4.69) is 0 Å². The first-order valence-corrected chi connectivity index (χ1v) is 9.37. The van der Waals surface area contributed by atoms with Crippen LogP contribution in [0.3, 0.4) is 0 Å². The third-order valence-corrected chi connectivity index (χ3v) is 6.32. The normalized spacial score (nSPS) is 17.7. The minimum Gasteiger partial charge on any atom is -0.364 e. The predicted octanol–water partition coefficient (Wildman–Crippen LogP) is 0.00300. The maximum Gasteiger partial charge on any atom is 0.265 e. The summed E-state index contributed by atoms with van der Waals surface area (Å²) in [4.78, 5) is 25.2. The fourth-order valence-electron chi connectivity index (χ4n) is 2.70. The van der Waals surface area contributed by atoms with Crippen molar-refractivity contribution in [2.24, 2.45) is 18.7 Å². The van der Waals surface area contributed by atoms with Crippen molar-refractivity contribution < 1.29 is 18.0 Å².